The summed E-state index contributed by atoms with van der Waals surface area (Å²) in [5, 5.41) is 2.62. The number of anilines is 2. The molecule has 2 N–H and O–H groups in total. The topological polar surface area (TPSA) is 105 Å². The summed E-state index contributed by atoms with van der Waals surface area (Å²) in [5.74, 6) is -0.660. The fraction of sp³-hybridized carbons (Fsp3) is 0.0455. The van der Waals surface area contributed by atoms with Crippen molar-refractivity contribution in [3.05, 3.63) is 94.3 Å². The second-order valence-electron chi connectivity index (χ2n) is 6.87. The van der Waals surface area contributed by atoms with E-state index < -0.39 is 21.6 Å². The minimum atomic E-state index is -3.85. The van der Waals surface area contributed by atoms with E-state index in [1.807, 2.05) is 6.92 Å². The first-order valence-corrected chi connectivity index (χ1v) is 11.0. The zero-order chi connectivity index (χ0) is 22.2. The maximum absolute atomic E-state index is 12.8. The Morgan fingerprint density at radius 3 is 2.13 bits per heavy atom. The number of aromatic nitrogens is 1. The van der Waals surface area contributed by atoms with Gasteiger partial charge in [0.1, 0.15) is 16.5 Å². The molecule has 0 aliphatic heterocycles. The van der Waals surface area contributed by atoms with E-state index in [-0.39, 0.29) is 32.6 Å². The van der Waals surface area contributed by atoms with Crippen molar-refractivity contribution in [1.82, 2.24) is 4.98 Å². The third-order valence-corrected chi connectivity index (χ3v) is 6.38. The standard InChI is InChI=1S/C22H16ClN3O4S/c1-13-6-11-18(24-12-13)26-31(29,30)15-9-7-14(8-10-15)25-20-19(23)21(27)16-4-2-3-5-17(16)22(20)28/h2-12,25H,1H3,(H,24,26). The van der Waals surface area contributed by atoms with Crippen LogP contribution < -0.4 is 10.0 Å². The third kappa shape index (κ3) is 4.08. The van der Waals surface area contributed by atoms with Gasteiger partial charge in [0.05, 0.1) is 4.90 Å². The van der Waals surface area contributed by atoms with Gasteiger partial charge >= 0.3 is 0 Å². The molecule has 0 radical (unpaired) electrons. The molecule has 9 heteroatoms. The molecule has 1 heterocycles. The smallest absolute Gasteiger partial charge is 0.263 e. The summed E-state index contributed by atoms with van der Waals surface area (Å²) in [6.07, 6.45) is 1.56. The molecule has 0 saturated carbocycles. The normalized spacial score (nSPS) is 13.7. The van der Waals surface area contributed by atoms with E-state index in [2.05, 4.69) is 15.0 Å². The summed E-state index contributed by atoms with van der Waals surface area (Å²) < 4.78 is 27.5. The number of ketones is 2. The number of hydrogen-bond acceptors (Lipinski definition) is 6. The molecule has 0 amide bonds. The second-order valence-corrected chi connectivity index (χ2v) is 8.93. The maximum Gasteiger partial charge on any atom is 0.263 e. The van der Waals surface area contributed by atoms with Gasteiger partial charge in [-0.05, 0) is 42.8 Å². The van der Waals surface area contributed by atoms with E-state index >= 15 is 0 Å². The number of benzene rings is 2. The van der Waals surface area contributed by atoms with Crippen LogP contribution in [-0.4, -0.2) is 25.0 Å². The van der Waals surface area contributed by atoms with Crippen molar-refractivity contribution in [2.24, 2.45) is 0 Å². The van der Waals surface area contributed by atoms with Crippen molar-refractivity contribution in [2.45, 2.75) is 11.8 Å². The molecule has 0 fully saturated rings. The quantitative estimate of drug-likeness (QED) is 0.601. The Hall–Kier alpha value is -3.49. The number of nitrogens with one attached hydrogen (secondary N) is 2. The van der Waals surface area contributed by atoms with Crippen LogP contribution in [0.4, 0.5) is 11.5 Å². The van der Waals surface area contributed by atoms with E-state index in [9.17, 15) is 18.0 Å². The number of fused-ring (bicyclic) bond motifs is 1. The lowest BCUT2D eigenvalue weighted by Crippen LogP contribution is -2.24. The van der Waals surface area contributed by atoms with Gasteiger partial charge in [0, 0.05) is 23.0 Å². The number of sulfonamides is 1. The molecule has 1 aliphatic carbocycles. The molecule has 4 rings (SSSR count). The summed E-state index contributed by atoms with van der Waals surface area (Å²) in [7, 11) is -3.85. The fourth-order valence-electron chi connectivity index (χ4n) is 3.04. The van der Waals surface area contributed by atoms with Gasteiger partial charge in [-0.3, -0.25) is 14.3 Å². The summed E-state index contributed by atoms with van der Waals surface area (Å²) in [6, 6.07) is 15.4. The van der Waals surface area contributed by atoms with Crippen LogP contribution in [0.3, 0.4) is 0 Å². The van der Waals surface area contributed by atoms with Crippen LogP contribution in [0.25, 0.3) is 0 Å². The molecule has 0 unspecified atom stereocenters. The Morgan fingerprint density at radius 1 is 0.871 bits per heavy atom. The lowest BCUT2D eigenvalue weighted by atomic mass is 9.92. The van der Waals surface area contributed by atoms with Gasteiger partial charge in [0.15, 0.2) is 0 Å². The summed E-state index contributed by atoms with van der Waals surface area (Å²) in [6.45, 7) is 1.85. The van der Waals surface area contributed by atoms with Gasteiger partial charge in [0.25, 0.3) is 10.0 Å². The predicted molar refractivity (Wildman–Crippen MR) is 118 cm³/mol. The molecule has 0 bridgehead atoms. The van der Waals surface area contributed by atoms with E-state index in [0.717, 1.165) is 5.56 Å². The predicted octanol–water partition coefficient (Wildman–Crippen LogP) is 4.13. The fourth-order valence-corrected chi connectivity index (χ4v) is 4.29. The molecule has 3 aromatic rings. The average molecular weight is 454 g/mol. The summed E-state index contributed by atoms with van der Waals surface area (Å²) in [4.78, 5) is 29.3. The molecular formula is C22H16ClN3O4S. The van der Waals surface area contributed by atoms with Gasteiger partial charge < -0.3 is 5.32 Å². The molecule has 0 saturated heterocycles. The van der Waals surface area contributed by atoms with Gasteiger partial charge in [-0.15, -0.1) is 0 Å². The number of pyridine rings is 1. The molecule has 156 valence electrons. The number of aryl methyl sites for hydroxylation is 1. The van der Waals surface area contributed by atoms with Crippen LogP contribution in [0, 0.1) is 6.92 Å². The lowest BCUT2D eigenvalue weighted by Gasteiger charge is -2.19. The van der Waals surface area contributed by atoms with Gasteiger partial charge in [0.2, 0.25) is 11.6 Å². The Bertz CT molecular complexity index is 1330. The van der Waals surface area contributed by atoms with Crippen molar-refractivity contribution in [3.8, 4) is 0 Å². The Kier molecular flexibility index (Phi) is 5.34. The number of hydrogen-bond donors (Lipinski definition) is 2. The number of nitrogens with zero attached hydrogens (tertiary/aromatic N) is 1. The maximum atomic E-state index is 12.8. The molecule has 0 atom stereocenters. The van der Waals surface area contributed by atoms with Gasteiger partial charge in [-0.25, -0.2) is 13.4 Å². The van der Waals surface area contributed by atoms with Crippen LogP contribution in [0.1, 0.15) is 26.3 Å². The number of carbonyl (C=O) groups excluding carboxylic acids is 2. The molecule has 0 spiro atoms. The van der Waals surface area contributed by atoms with Crippen LogP contribution >= 0.6 is 11.6 Å². The molecule has 7 nitrogen and oxygen atoms in total. The highest BCUT2D eigenvalue weighted by molar-refractivity contribution is 7.92. The highest BCUT2D eigenvalue weighted by Gasteiger charge is 2.31. The van der Waals surface area contributed by atoms with Crippen molar-refractivity contribution in [1.29, 1.82) is 0 Å². The van der Waals surface area contributed by atoms with Crippen molar-refractivity contribution in [3.63, 3.8) is 0 Å². The minimum absolute atomic E-state index is 0.0110. The number of Topliss-reactive ketones (excluding diaryl/α,β-unsaturated/α-hetero) is 2. The first-order chi connectivity index (χ1) is 14.8. The number of carbonyl (C=O) groups is 2. The Labute approximate surface area is 183 Å². The second kappa shape index (κ2) is 7.98. The monoisotopic (exact) mass is 453 g/mol. The van der Waals surface area contributed by atoms with E-state index in [1.54, 1.807) is 42.6 Å². The summed E-state index contributed by atoms with van der Waals surface area (Å²) in [5.41, 5.74) is 1.77. The largest absolute Gasteiger partial charge is 0.351 e. The Morgan fingerprint density at radius 2 is 1.52 bits per heavy atom. The van der Waals surface area contributed by atoms with Crippen LogP contribution in [-0.2, 0) is 10.0 Å². The van der Waals surface area contributed by atoms with Crippen molar-refractivity contribution >= 4 is 44.7 Å². The number of rotatable bonds is 5. The van der Waals surface area contributed by atoms with E-state index in [4.69, 9.17) is 11.6 Å². The molecule has 1 aromatic heterocycles. The first-order valence-electron chi connectivity index (χ1n) is 9.17. The molecular weight excluding hydrogens is 438 g/mol. The van der Waals surface area contributed by atoms with Gasteiger partial charge in [-0.1, -0.05) is 41.9 Å². The number of allylic oxidation sites excluding steroid dienone is 2. The van der Waals surface area contributed by atoms with Crippen LogP contribution in [0.2, 0.25) is 0 Å². The highest BCUT2D eigenvalue weighted by atomic mass is 35.5. The summed E-state index contributed by atoms with van der Waals surface area (Å²) >= 11 is 6.14. The SMILES string of the molecule is Cc1ccc(NS(=O)(=O)c2ccc(NC3=C(Cl)C(=O)c4ccccc4C3=O)cc2)nc1. The van der Waals surface area contributed by atoms with Gasteiger partial charge in [-0.2, -0.15) is 0 Å². The van der Waals surface area contributed by atoms with E-state index in [1.165, 1.54) is 24.3 Å². The Balaban J connectivity index is 1.56. The van der Waals surface area contributed by atoms with E-state index in [0.29, 0.717) is 5.69 Å². The lowest BCUT2D eigenvalue weighted by molar-refractivity contribution is 0.0982. The van der Waals surface area contributed by atoms with Crippen LogP contribution in [0.5, 0.6) is 0 Å². The molecule has 2 aromatic carbocycles. The number of halogens is 1. The zero-order valence-corrected chi connectivity index (χ0v) is 17.8. The molecule has 31 heavy (non-hydrogen) atoms. The highest BCUT2D eigenvalue weighted by Crippen LogP contribution is 2.29. The minimum Gasteiger partial charge on any atom is -0.351 e. The van der Waals surface area contributed by atoms with Crippen molar-refractivity contribution in [2.75, 3.05) is 10.0 Å². The van der Waals surface area contributed by atoms with Crippen molar-refractivity contribution < 1.29 is 18.0 Å². The van der Waals surface area contributed by atoms with Crippen LogP contribution in [0.15, 0.2) is 82.5 Å². The average Bonchev–Trinajstić information content (AvgIpc) is 2.77. The molecule has 1 aliphatic rings. The third-order valence-electron chi connectivity index (χ3n) is 4.65. The first kappa shape index (κ1) is 20.8. The zero-order valence-electron chi connectivity index (χ0n) is 16.2.